The van der Waals surface area contributed by atoms with Gasteiger partial charge in [-0.15, -0.1) is 0 Å². The van der Waals surface area contributed by atoms with Gasteiger partial charge in [0.2, 0.25) is 5.91 Å². The maximum atomic E-state index is 13.3. The van der Waals surface area contributed by atoms with Crippen molar-refractivity contribution < 1.29 is 18.0 Å². The molecule has 1 aromatic rings. The van der Waals surface area contributed by atoms with Crippen LogP contribution in [0.25, 0.3) is 0 Å². The first kappa shape index (κ1) is 21.8. The van der Waals surface area contributed by atoms with Crippen LogP contribution in [0.2, 0.25) is 0 Å². The molecule has 7 heteroatoms. The molecule has 0 aliphatic heterocycles. The lowest BCUT2D eigenvalue weighted by atomic mass is 9.93. The number of nitriles is 1. The Labute approximate surface area is 153 Å². The number of likely N-dealkylation sites (N-methyl/N-ethyl adjacent to an activating group) is 1. The first-order valence-electron chi connectivity index (χ1n) is 8.41. The molecule has 26 heavy (non-hydrogen) atoms. The third kappa shape index (κ3) is 5.38. The summed E-state index contributed by atoms with van der Waals surface area (Å²) < 4.78 is 40.0. The lowest BCUT2D eigenvalue weighted by Gasteiger charge is -2.38. The molecule has 144 valence electrons. The fourth-order valence-electron chi connectivity index (χ4n) is 2.76. The summed E-state index contributed by atoms with van der Waals surface area (Å²) in [5.74, 6) is -0.172. The molecule has 1 amide bonds. The summed E-state index contributed by atoms with van der Waals surface area (Å²) in [5.41, 5.74) is -1.37. The number of carbonyl (C=O) groups excluding carboxylic acids is 1. The van der Waals surface area contributed by atoms with Gasteiger partial charge < -0.3 is 9.80 Å². The maximum Gasteiger partial charge on any atom is 0.417 e. The number of hydrogen-bond acceptors (Lipinski definition) is 3. The van der Waals surface area contributed by atoms with Gasteiger partial charge in [-0.25, -0.2) is 0 Å². The first-order valence-corrected chi connectivity index (χ1v) is 8.41. The molecule has 0 bridgehead atoms. The highest BCUT2D eigenvalue weighted by Crippen LogP contribution is 2.36. The third-order valence-corrected chi connectivity index (χ3v) is 3.89. The summed E-state index contributed by atoms with van der Waals surface area (Å²) in [4.78, 5) is 15.7. The number of anilines is 1. The minimum Gasteiger partial charge on any atom is -0.359 e. The van der Waals surface area contributed by atoms with Gasteiger partial charge in [0.25, 0.3) is 0 Å². The first-order chi connectivity index (χ1) is 11.8. The minimum atomic E-state index is -4.64. The van der Waals surface area contributed by atoms with Crippen LogP contribution in [0.5, 0.6) is 0 Å². The average Bonchev–Trinajstić information content (AvgIpc) is 2.51. The van der Waals surface area contributed by atoms with E-state index in [1.54, 1.807) is 25.1 Å². The van der Waals surface area contributed by atoms with Crippen LogP contribution in [0.1, 0.15) is 45.2 Å². The normalized spacial score (nSPS) is 13.1. The van der Waals surface area contributed by atoms with Crippen molar-refractivity contribution in [2.24, 2.45) is 5.41 Å². The Morgan fingerprint density at radius 2 is 1.81 bits per heavy atom. The molecule has 1 rings (SSSR count). The molecule has 0 saturated carbocycles. The number of rotatable bonds is 5. The van der Waals surface area contributed by atoms with Crippen molar-refractivity contribution in [3.63, 3.8) is 0 Å². The van der Waals surface area contributed by atoms with Crippen LogP contribution >= 0.6 is 0 Å². The SMILES string of the molecule is CCC(C(=O)N(C)C)N(CC(C)(C)C)c1ccc(C#N)c(C(F)(F)F)c1. The summed E-state index contributed by atoms with van der Waals surface area (Å²) in [6.45, 7) is 8.11. The molecule has 0 heterocycles. The predicted octanol–water partition coefficient (Wildman–Crippen LogP) is 4.30. The molecule has 1 aromatic carbocycles. The molecule has 0 aliphatic carbocycles. The van der Waals surface area contributed by atoms with Gasteiger partial charge in [-0.1, -0.05) is 27.7 Å². The Morgan fingerprint density at radius 3 is 2.19 bits per heavy atom. The number of halogens is 3. The highest BCUT2D eigenvalue weighted by atomic mass is 19.4. The van der Waals surface area contributed by atoms with Gasteiger partial charge in [-0.3, -0.25) is 4.79 Å². The second kappa shape index (κ2) is 7.98. The van der Waals surface area contributed by atoms with Crippen LogP contribution < -0.4 is 4.90 Å². The molecule has 0 radical (unpaired) electrons. The van der Waals surface area contributed by atoms with E-state index in [2.05, 4.69) is 0 Å². The smallest absolute Gasteiger partial charge is 0.359 e. The van der Waals surface area contributed by atoms with E-state index in [1.165, 1.54) is 17.0 Å². The second-order valence-electron chi connectivity index (χ2n) is 7.68. The Morgan fingerprint density at radius 1 is 1.23 bits per heavy atom. The molecule has 0 spiro atoms. The number of nitrogens with zero attached hydrogens (tertiary/aromatic N) is 3. The molecule has 4 nitrogen and oxygen atoms in total. The summed E-state index contributed by atoms with van der Waals surface area (Å²) in [5, 5.41) is 8.99. The van der Waals surface area contributed by atoms with E-state index in [4.69, 9.17) is 5.26 Å². The Kier molecular flexibility index (Phi) is 6.70. The molecule has 0 fully saturated rings. The average molecular weight is 369 g/mol. The van der Waals surface area contributed by atoms with Crippen molar-refractivity contribution in [1.82, 2.24) is 4.90 Å². The minimum absolute atomic E-state index is 0.172. The zero-order valence-corrected chi connectivity index (χ0v) is 16.1. The number of amides is 1. The molecule has 0 saturated heterocycles. The maximum absolute atomic E-state index is 13.3. The molecular formula is C19H26F3N3O. The highest BCUT2D eigenvalue weighted by Gasteiger charge is 2.36. The van der Waals surface area contributed by atoms with E-state index in [0.29, 0.717) is 13.0 Å². The molecular weight excluding hydrogens is 343 g/mol. The van der Waals surface area contributed by atoms with Gasteiger partial charge in [0, 0.05) is 26.3 Å². The van der Waals surface area contributed by atoms with E-state index in [0.717, 1.165) is 6.07 Å². The number of carbonyl (C=O) groups is 1. The highest BCUT2D eigenvalue weighted by molar-refractivity contribution is 5.85. The fraction of sp³-hybridized carbons (Fsp3) is 0.579. The van der Waals surface area contributed by atoms with E-state index >= 15 is 0 Å². The van der Waals surface area contributed by atoms with Crippen LogP contribution in [0.3, 0.4) is 0 Å². The lowest BCUT2D eigenvalue weighted by Crippen LogP contribution is -2.49. The molecule has 0 aromatic heterocycles. The fourth-order valence-corrected chi connectivity index (χ4v) is 2.76. The van der Waals surface area contributed by atoms with E-state index < -0.39 is 23.3 Å². The number of hydrogen-bond donors (Lipinski definition) is 0. The molecule has 1 unspecified atom stereocenters. The van der Waals surface area contributed by atoms with Gasteiger partial charge in [0.05, 0.1) is 17.2 Å². The van der Waals surface area contributed by atoms with E-state index in [9.17, 15) is 18.0 Å². The van der Waals surface area contributed by atoms with Crippen molar-refractivity contribution in [3.8, 4) is 6.07 Å². The van der Waals surface area contributed by atoms with Crippen molar-refractivity contribution in [1.29, 1.82) is 5.26 Å². The van der Waals surface area contributed by atoms with E-state index in [1.807, 2.05) is 27.7 Å². The molecule has 1 atom stereocenters. The Hall–Kier alpha value is -2.23. The lowest BCUT2D eigenvalue weighted by molar-refractivity contribution is -0.137. The monoisotopic (exact) mass is 369 g/mol. The Balaban J connectivity index is 3.53. The molecule has 0 N–H and O–H groups in total. The molecule has 0 aliphatic rings. The quantitative estimate of drug-likeness (QED) is 0.778. The Bertz CT molecular complexity index is 685. The van der Waals surface area contributed by atoms with Crippen LogP contribution in [0.15, 0.2) is 18.2 Å². The van der Waals surface area contributed by atoms with Crippen molar-refractivity contribution in [3.05, 3.63) is 29.3 Å². The van der Waals surface area contributed by atoms with Crippen LogP contribution in [0, 0.1) is 16.7 Å². The van der Waals surface area contributed by atoms with Crippen LogP contribution in [-0.2, 0) is 11.0 Å². The van der Waals surface area contributed by atoms with Crippen molar-refractivity contribution in [2.45, 2.75) is 46.3 Å². The number of alkyl halides is 3. The summed E-state index contributed by atoms with van der Waals surface area (Å²) >= 11 is 0. The number of benzene rings is 1. The van der Waals surface area contributed by atoms with Crippen molar-refractivity contribution >= 4 is 11.6 Å². The zero-order chi connectivity index (χ0) is 20.3. The third-order valence-electron chi connectivity index (χ3n) is 3.89. The van der Waals surface area contributed by atoms with Gasteiger partial charge in [0.15, 0.2) is 0 Å². The van der Waals surface area contributed by atoms with Gasteiger partial charge in [-0.2, -0.15) is 18.4 Å². The van der Waals surface area contributed by atoms with Gasteiger partial charge >= 0.3 is 6.18 Å². The largest absolute Gasteiger partial charge is 0.417 e. The standard InChI is InChI=1S/C19H26F3N3O/c1-7-16(17(26)24(5)6)25(12-18(2,3)4)14-9-8-13(11-23)15(10-14)19(20,21)22/h8-10,16H,7,12H2,1-6H3. The van der Waals surface area contributed by atoms with Crippen LogP contribution in [0.4, 0.5) is 18.9 Å². The predicted molar refractivity (Wildman–Crippen MR) is 95.7 cm³/mol. The van der Waals surface area contributed by atoms with E-state index in [-0.39, 0.29) is 17.0 Å². The van der Waals surface area contributed by atoms with Gasteiger partial charge in [0.1, 0.15) is 6.04 Å². The summed E-state index contributed by atoms with van der Waals surface area (Å²) in [7, 11) is 3.25. The van der Waals surface area contributed by atoms with Crippen molar-refractivity contribution in [2.75, 3.05) is 25.5 Å². The zero-order valence-electron chi connectivity index (χ0n) is 16.1. The second-order valence-corrected chi connectivity index (χ2v) is 7.68. The topological polar surface area (TPSA) is 47.3 Å². The summed E-state index contributed by atoms with van der Waals surface area (Å²) in [6.07, 6.45) is -4.18. The van der Waals surface area contributed by atoms with Gasteiger partial charge in [-0.05, 0) is 30.0 Å². The van der Waals surface area contributed by atoms with Crippen LogP contribution in [-0.4, -0.2) is 37.5 Å². The summed E-state index contributed by atoms with van der Waals surface area (Å²) in [6, 6.07) is 4.61.